The van der Waals surface area contributed by atoms with Crippen molar-refractivity contribution in [3.05, 3.63) is 0 Å². The zero-order valence-corrected chi connectivity index (χ0v) is 8.14. The summed E-state index contributed by atoms with van der Waals surface area (Å²) < 4.78 is 0. The van der Waals surface area contributed by atoms with Gasteiger partial charge in [0.2, 0.25) is 0 Å². The molecule has 0 radical (unpaired) electrons. The number of halogens is 4. The van der Waals surface area contributed by atoms with E-state index in [0.29, 0.717) is 0 Å². The van der Waals surface area contributed by atoms with Crippen LogP contribution in [0.25, 0.3) is 0 Å². The second-order valence-corrected chi connectivity index (χ2v) is 3.20. The predicted octanol–water partition coefficient (Wildman–Crippen LogP) is 2.57. The molecule has 7 heteroatoms. The first-order valence-corrected chi connectivity index (χ1v) is 5.93. The Hall–Kier alpha value is 1.87. The Morgan fingerprint density at radius 2 is 0.875 bits per heavy atom. The minimum atomic E-state index is 0.757. The number of hydrogen-bond acceptors (Lipinski definition) is 1. The van der Waals surface area contributed by atoms with Crippen LogP contribution in [0.5, 0.6) is 0 Å². The van der Waals surface area contributed by atoms with Gasteiger partial charge in [-0.25, -0.2) is 0 Å². The molecule has 8 heavy (non-hydrogen) atoms. The molecule has 0 aromatic rings. The van der Waals surface area contributed by atoms with E-state index < -0.39 is 0 Å². The van der Waals surface area contributed by atoms with Crippen molar-refractivity contribution in [2.24, 2.45) is 0 Å². The molecule has 0 atom stereocenters. The van der Waals surface area contributed by atoms with Crippen molar-refractivity contribution in [1.29, 1.82) is 0 Å². The average Bonchev–Trinajstić information content (AvgIpc) is 1.75. The normalized spacial score (nSPS) is 6.00. The van der Waals surface area contributed by atoms with Crippen molar-refractivity contribution in [2.45, 2.75) is 0 Å². The fourth-order valence-corrected chi connectivity index (χ4v) is 0. The molecule has 0 spiro atoms. The summed E-state index contributed by atoms with van der Waals surface area (Å²) in [7, 11) is 18.7. The van der Waals surface area contributed by atoms with Crippen molar-refractivity contribution in [2.75, 3.05) is 0 Å². The first-order chi connectivity index (χ1) is 3.83. The van der Waals surface area contributed by atoms with Gasteiger partial charge in [0, 0.05) is 0 Å². The van der Waals surface area contributed by atoms with Gasteiger partial charge in [0.15, 0.2) is 0 Å². The van der Waals surface area contributed by atoms with E-state index in [2.05, 4.69) is 40.4 Å². The van der Waals surface area contributed by atoms with Crippen LogP contribution >= 0.6 is 40.4 Å². The number of carbonyl (C=O) groups is 1. The van der Waals surface area contributed by atoms with Crippen LogP contribution in [0.2, 0.25) is 0 Å². The molecule has 62 valence electrons. The third-order valence-electron chi connectivity index (χ3n) is 0. The van der Waals surface area contributed by atoms with E-state index >= 15 is 0 Å². The Balaban J connectivity index is -0.0000000483. The monoisotopic (exact) mass is 296 g/mol. The number of carbonyl (C=O) groups excluding carboxylic acids is 1. The molecular formula is CH2Cl4Cu2O. The van der Waals surface area contributed by atoms with E-state index in [1.165, 1.54) is 0 Å². The Morgan fingerprint density at radius 3 is 0.875 bits per heavy atom. The van der Waals surface area contributed by atoms with Crippen LogP contribution in [0.1, 0.15) is 0 Å². The summed E-state index contributed by atoms with van der Waals surface area (Å²) in [6.45, 7) is 2.00. The van der Waals surface area contributed by atoms with Crippen molar-refractivity contribution in [3.8, 4) is 0 Å². The van der Waals surface area contributed by atoms with E-state index in [-0.39, 0.29) is 0 Å². The molecule has 0 saturated carbocycles. The van der Waals surface area contributed by atoms with E-state index in [1.54, 1.807) is 0 Å². The summed E-state index contributed by atoms with van der Waals surface area (Å²) >= 11 is 1.51. The maximum absolute atomic E-state index is 8.00. The molecule has 0 heterocycles. The van der Waals surface area contributed by atoms with Crippen LogP contribution in [0.15, 0.2) is 0 Å². The van der Waals surface area contributed by atoms with Gasteiger partial charge in [-0.05, 0) is 0 Å². The first kappa shape index (κ1) is 16.5. The maximum atomic E-state index is 8.00. The Labute approximate surface area is 77.6 Å². The molecule has 0 amide bonds. The quantitative estimate of drug-likeness (QED) is 0.628. The molecule has 0 saturated heterocycles. The van der Waals surface area contributed by atoms with Gasteiger partial charge in [-0.15, -0.1) is 0 Å². The van der Waals surface area contributed by atoms with Crippen LogP contribution in [0.3, 0.4) is 0 Å². The third-order valence-corrected chi connectivity index (χ3v) is 0. The molecule has 0 aliphatic carbocycles. The van der Waals surface area contributed by atoms with Gasteiger partial charge in [-0.1, -0.05) is 0 Å². The molecule has 0 fully saturated rings. The van der Waals surface area contributed by atoms with Gasteiger partial charge in [0.1, 0.15) is 6.79 Å². The molecular weight excluding hydrogens is 297 g/mol. The van der Waals surface area contributed by atoms with Gasteiger partial charge in [-0.2, -0.15) is 0 Å². The van der Waals surface area contributed by atoms with Gasteiger partial charge < -0.3 is 4.79 Å². The van der Waals surface area contributed by atoms with Crippen LogP contribution in [0, 0.1) is 0 Å². The number of hydrogen-bond donors (Lipinski definition) is 0. The van der Waals surface area contributed by atoms with E-state index in [0.717, 1.165) is 26.3 Å². The molecule has 0 bridgehead atoms. The van der Waals surface area contributed by atoms with Crippen molar-refractivity contribution in [3.63, 3.8) is 0 Å². The molecule has 0 aromatic carbocycles. The molecule has 1 nitrogen and oxygen atoms in total. The standard InChI is InChI=1S/CH2O.4ClH.2Cu/c1-2;;;;;;/h1H2;4*1H;;/q;;;;;2*+2/p-4. The third kappa shape index (κ3) is 106. The minimum absolute atomic E-state index is 0.757. The Kier molecular flexibility index (Phi) is 75.5. The second kappa shape index (κ2) is 36.7. The zero-order valence-electron chi connectivity index (χ0n) is 3.23. The molecule has 0 aliphatic heterocycles. The van der Waals surface area contributed by atoms with E-state index in [4.69, 9.17) is 4.79 Å². The fraction of sp³-hybridized carbons (Fsp3) is 0. The summed E-state index contributed by atoms with van der Waals surface area (Å²) in [5.74, 6) is 0. The van der Waals surface area contributed by atoms with Gasteiger partial charge >= 0.3 is 66.7 Å². The van der Waals surface area contributed by atoms with Crippen molar-refractivity contribution in [1.82, 2.24) is 0 Å². The second-order valence-electron chi connectivity index (χ2n) is 0.0861. The van der Waals surface area contributed by atoms with Crippen LogP contribution < -0.4 is 0 Å². The molecule has 0 aromatic heterocycles. The van der Waals surface area contributed by atoms with Gasteiger partial charge in [-0.3, -0.25) is 0 Å². The Bertz CT molecular complexity index is 21.5. The van der Waals surface area contributed by atoms with Gasteiger partial charge in [0.05, 0.1) is 0 Å². The van der Waals surface area contributed by atoms with E-state index in [9.17, 15) is 0 Å². The molecule has 0 N–H and O–H groups in total. The van der Waals surface area contributed by atoms with Crippen LogP contribution in [-0.4, -0.2) is 6.79 Å². The molecule has 0 unspecified atom stereocenters. The first-order valence-electron chi connectivity index (χ1n) is 0.745. The van der Waals surface area contributed by atoms with E-state index in [1.807, 2.05) is 6.79 Å². The number of rotatable bonds is 0. The summed E-state index contributed by atoms with van der Waals surface area (Å²) in [5, 5.41) is 0. The summed E-state index contributed by atoms with van der Waals surface area (Å²) in [6.07, 6.45) is 0. The average molecular weight is 299 g/mol. The van der Waals surface area contributed by atoms with Crippen molar-refractivity contribution < 1.29 is 31.1 Å². The predicted molar refractivity (Wildman–Crippen MR) is 30.5 cm³/mol. The summed E-state index contributed by atoms with van der Waals surface area (Å²) in [4.78, 5) is 8.00. The topological polar surface area (TPSA) is 17.1 Å². The summed E-state index contributed by atoms with van der Waals surface area (Å²) in [6, 6.07) is 0. The SMILES string of the molecule is C=O.[Cl][Cu][Cl].[Cl][Cu][Cl]. The van der Waals surface area contributed by atoms with Crippen molar-refractivity contribution >= 4 is 47.2 Å². The molecule has 0 aliphatic rings. The van der Waals surface area contributed by atoms with Crippen LogP contribution in [-0.2, 0) is 31.1 Å². The Morgan fingerprint density at radius 1 is 0.875 bits per heavy atom. The summed E-state index contributed by atoms with van der Waals surface area (Å²) in [5.41, 5.74) is 0. The van der Waals surface area contributed by atoms with Gasteiger partial charge in [0.25, 0.3) is 0 Å². The molecule has 0 rings (SSSR count). The zero-order chi connectivity index (χ0) is 7.41. The van der Waals surface area contributed by atoms with Crippen LogP contribution in [0.4, 0.5) is 0 Å². The fourth-order valence-electron chi connectivity index (χ4n) is 0.